The SMILES string of the molecule is CN(C)C(=O)c1ccc(S(=O)(=O)Nc2ccccc2F)cc1. The highest BCUT2D eigenvalue weighted by Crippen LogP contribution is 2.19. The Balaban J connectivity index is 2.27. The molecule has 0 spiro atoms. The van der Waals surface area contributed by atoms with Gasteiger partial charge in [-0.15, -0.1) is 0 Å². The van der Waals surface area contributed by atoms with E-state index in [1.54, 1.807) is 14.1 Å². The highest BCUT2D eigenvalue weighted by atomic mass is 32.2. The van der Waals surface area contributed by atoms with Crippen LogP contribution in [-0.4, -0.2) is 33.3 Å². The van der Waals surface area contributed by atoms with Crippen molar-refractivity contribution in [3.05, 3.63) is 59.9 Å². The first-order valence-electron chi connectivity index (χ1n) is 6.40. The van der Waals surface area contributed by atoms with Gasteiger partial charge in [0, 0.05) is 19.7 Å². The molecule has 0 aliphatic carbocycles. The summed E-state index contributed by atoms with van der Waals surface area (Å²) >= 11 is 0. The van der Waals surface area contributed by atoms with Crippen LogP contribution in [0.2, 0.25) is 0 Å². The topological polar surface area (TPSA) is 66.5 Å². The van der Waals surface area contributed by atoms with Crippen LogP contribution < -0.4 is 4.72 Å². The fourth-order valence-corrected chi connectivity index (χ4v) is 2.85. The van der Waals surface area contributed by atoms with Gasteiger partial charge in [0.1, 0.15) is 5.82 Å². The molecule has 0 radical (unpaired) electrons. The van der Waals surface area contributed by atoms with Gasteiger partial charge >= 0.3 is 0 Å². The molecule has 0 bridgehead atoms. The van der Waals surface area contributed by atoms with Crippen molar-refractivity contribution in [3.63, 3.8) is 0 Å². The van der Waals surface area contributed by atoms with Gasteiger partial charge in [-0.3, -0.25) is 9.52 Å². The molecule has 2 aromatic carbocycles. The van der Waals surface area contributed by atoms with E-state index >= 15 is 0 Å². The van der Waals surface area contributed by atoms with Gasteiger partial charge in [-0.25, -0.2) is 12.8 Å². The van der Waals surface area contributed by atoms with Gasteiger partial charge in [0.25, 0.3) is 15.9 Å². The lowest BCUT2D eigenvalue weighted by molar-refractivity contribution is 0.0827. The van der Waals surface area contributed by atoms with Crippen molar-refractivity contribution >= 4 is 21.6 Å². The predicted molar refractivity (Wildman–Crippen MR) is 81.7 cm³/mol. The number of anilines is 1. The molecular weight excluding hydrogens is 307 g/mol. The van der Waals surface area contributed by atoms with Gasteiger partial charge in [0.15, 0.2) is 0 Å². The normalized spacial score (nSPS) is 11.0. The van der Waals surface area contributed by atoms with E-state index in [9.17, 15) is 17.6 Å². The van der Waals surface area contributed by atoms with Crippen LogP contribution in [0, 0.1) is 5.82 Å². The van der Waals surface area contributed by atoms with Crippen LogP contribution >= 0.6 is 0 Å². The molecule has 1 amide bonds. The van der Waals surface area contributed by atoms with Crippen LogP contribution in [0.15, 0.2) is 53.4 Å². The summed E-state index contributed by atoms with van der Waals surface area (Å²) in [6, 6.07) is 10.9. The lowest BCUT2D eigenvalue weighted by atomic mass is 10.2. The Hall–Kier alpha value is -2.41. The number of hydrogen-bond acceptors (Lipinski definition) is 3. The number of sulfonamides is 1. The molecule has 0 saturated carbocycles. The number of halogens is 1. The molecule has 2 aromatic rings. The summed E-state index contributed by atoms with van der Waals surface area (Å²) in [7, 11) is -0.706. The van der Waals surface area contributed by atoms with Crippen molar-refractivity contribution < 1.29 is 17.6 Å². The van der Waals surface area contributed by atoms with E-state index in [0.29, 0.717) is 5.56 Å². The van der Waals surface area contributed by atoms with Crippen LogP contribution in [0.3, 0.4) is 0 Å². The van der Waals surface area contributed by atoms with Crippen molar-refractivity contribution in [2.75, 3.05) is 18.8 Å². The molecule has 0 heterocycles. The van der Waals surface area contributed by atoms with Crippen LogP contribution in [0.4, 0.5) is 10.1 Å². The predicted octanol–water partition coefficient (Wildman–Crippen LogP) is 2.33. The van der Waals surface area contributed by atoms with E-state index in [1.807, 2.05) is 0 Å². The maximum absolute atomic E-state index is 13.5. The average molecular weight is 322 g/mol. The van der Waals surface area contributed by atoms with Crippen molar-refractivity contribution in [2.45, 2.75) is 4.90 Å². The first-order chi connectivity index (χ1) is 10.3. The smallest absolute Gasteiger partial charge is 0.261 e. The third-order valence-electron chi connectivity index (χ3n) is 2.94. The fraction of sp³-hybridized carbons (Fsp3) is 0.133. The molecule has 22 heavy (non-hydrogen) atoms. The minimum atomic E-state index is -3.91. The molecule has 0 saturated heterocycles. The highest BCUT2D eigenvalue weighted by Gasteiger charge is 2.17. The minimum absolute atomic E-state index is 0.0499. The molecule has 7 heteroatoms. The number of benzene rings is 2. The van der Waals surface area contributed by atoms with E-state index in [-0.39, 0.29) is 16.5 Å². The van der Waals surface area contributed by atoms with E-state index in [4.69, 9.17) is 0 Å². The first-order valence-corrected chi connectivity index (χ1v) is 7.88. The Bertz CT molecular complexity index is 787. The Morgan fingerprint density at radius 3 is 2.18 bits per heavy atom. The largest absolute Gasteiger partial charge is 0.345 e. The van der Waals surface area contributed by atoms with Crippen LogP contribution in [0.25, 0.3) is 0 Å². The molecule has 2 rings (SSSR count). The van der Waals surface area contributed by atoms with Crippen molar-refractivity contribution in [3.8, 4) is 0 Å². The summed E-state index contributed by atoms with van der Waals surface area (Å²) in [6.45, 7) is 0. The molecular formula is C15H15FN2O3S. The lowest BCUT2D eigenvalue weighted by Crippen LogP contribution is -2.21. The zero-order chi connectivity index (χ0) is 16.3. The maximum Gasteiger partial charge on any atom is 0.261 e. The summed E-state index contributed by atoms with van der Waals surface area (Å²) in [6.07, 6.45) is 0. The summed E-state index contributed by atoms with van der Waals surface area (Å²) in [5, 5.41) is 0. The summed E-state index contributed by atoms with van der Waals surface area (Å²) in [5.41, 5.74) is 0.241. The summed E-state index contributed by atoms with van der Waals surface area (Å²) in [4.78, 5) is 13.1. The highest BCUT2D eigenvalue weighted by molar-refractivity contribution is 7.92. The average Bonchev–Trinajstić information content (AvgIpc) is 2.49. The van der Waals surface area contributed by atoms with Gasteiger partial charge in [-0.2, -0.15) is 0 Å². The summed E-state index contributed by atoms with van der Waals surface area (Å²) in [5.74, 6) is -0.892. The molecule has 0 fully saturated rings. The Kier molecular flexibility index (Phi) is 4.46. The Morgan fingerprint density at radius 1 is 1.05 bits per heavy atom. The summed E-state index contributed by atoms with van der Waals surface area (Å²) < 4.78 is 40.1. The zero-order valence-corrected chi connectivity index (χ0v) is 12.9. The monoisotopic (exact) mass is 322 g/mol. The van der Waals surface area contributed by atoms with Crippen LogP contribution in [0.5, 0.6) is 0 Å². The van der Waals surface area contributed by atoms with Gasteiger partial charge < -0.3 is 4.90 Å². The van der Waals surface area contributed by atoms with Crippen molar-refractivity contribution in [1.82, 2.24) is 4.90 Å². The first kappa shape index (κ1) is 16.0. The second-order valence-corrected chi connectivity index (χ2v) is 6.49. The number of hydrogen-bond donors (Lipinski definition) is 1. The molecule has 0 aliphatic heterocycles. The van der Waals surface area contributed by atoms with Gasteiger partial charge in [0.2, 0.25) is 0 Å². The molecule has 0 aliphatic rings. The number of carbonyl (C=O) groups excluding carboxylic acids is 1. The van der Waals surface area contributed by atoms with E-state index in [0.717, 1.165) is 6.07 Å². The number of carbonyl (C=O) groups is 1. The molecule has 5 nitrogen and oxygen atoms in total. The maximum atomic E-state index is 13.5. The standard InChI is InChI=1S/C15H15FN2O3S/c1-18(2)15(19)11-7-9-12(10-8-11)22(20,21)17-14-6-4-3-5-13(14)16/h3-10,17H,1-2H3. The number of nitrogens with one attached hydrogen (secondary N) is 1. The zero-order valence-electron chi connectivity index (χ0n) is 12.1. The fourth-order valence-electron chi connectivity index (χ4n) is 1.78. The van der Waals surface area contributed by atoms with Crippen LogP contribution in [-0.2, 0) is 10.0 Å². The second-order valence-electron chi connectivity index (χ2n) is 4.81. The van der Waals surface area contributed by atoms with E-state index in [2.05, 4.69) is 4.72 Å². The van der Waals surface area contributed by atoms with Gasteiger partial charge in [-0.1, -0.05) is 12.1 Å². The van der Waals surface area contributed by atoms with Gasteiger partial charge in [0.05, 0.1) is 10.6 Å². The molecule has 0 unspecified atom stereocenters. The number of rotatable bonds is 4. The quantitative estimate of drug-likeness (QED) is 0.939. The minimum Gasteiger partial charge on any atom is -0.345 e. The third-order valence-corrected chi connectivity index (χ3v) is 4.32. The van der Waals surface area contributed by atoms with E-state index in [1.165, 1.54) is 47.4 Å². The Labute approximate surface area is 128 Å². The third kappa shape index (κ3) is 3.43. The number of para-hydroxylation sites is 1. The van der Waals surface area contributed by atoms with Gasteiger partial charge in [-0.05, 0) is 36.4 Å². The molecule has 0 aromatic heterocycles. The molecule has 1 N–H and O–H groups in total. The second kappa shape index (κ2) is 6.15. The van der Waals surface area contributed by atoms with Crippen LogP contribution in [0.1, 0.15) is 10.4 Å². The number of amides is 1. The molecule has 0 atom stereocenters. The van der Waals surface area contributed by atoms with Crippen molar-refractivity contribution in [2.24, 2.45) is 0 Å². The number of nitrogens with zero attached hydrogens (tertiary/aromatic N) is 1. The lowest BCUT2D eigenvalue weighted by Gasteiger charge is -2.11. The Morgan fingerprint density at radius 2 is 1.64 bits per heavy atom. The van der Waals surface area contributed by atoms with Crippen molar-refractivity contribution in [1.29, 1.82) is 0 Å². The molecule has 116 valence electrons. The van der Waals surface area contributed by atoms with E-state index < -0.39 is 15.8 Å².